The number of rotatable bonds is 5. The number of aromatic nitrogens is 2. The molecule has 4 heteroatoms. The zero-order valence-corrected chi connectivity index (χ0v) is 14.4. The summed E-state index contributed by atoms with van der Waals surface area (Å²) >= 11 is 0. The summed E-state index contributed by atoms with van der Waals surface area (Å²) in [6, 6.07) is 0. The third-order valence-corrected chi connectivity index (χ3v) is 4.53. The van der Waals surface area contributed by atoms with E-state index < -0.39 is 0 Å². The molecule has 0 amide bonds. The summed E-state index contributed by atoms with van der Waals surface area (Å²) in [4.78, 5) is 9.57. The molecule has 0 radical (unpaired) electrons. The molecule has 1 heterocycles. The van der Waals surface area contributed by atoms with Crippen LogP contribution in [-0.2, 0) is 5.41 Å². The molecule has 0 spiro atoms. The quantitative estimate of drug-likeness (QED) is 0.850. The standard InChI is InChI=1S/C17H30N4/c1-7-17(10-9-11-17)21-14-12(3)13(18-8-2)19-15(20-14)16(4,5)6/h7-11H2,1-6H3,(H2,18,19,20,21). The molecular formula is C17H30N4. The van der Waals surface area contributed by atoms with Crippen molar-refractivity contribution in [1.29, 1.82) is 0 Å². The van der Waals surface area contributed by atoms with E-state index in [1.54, 1.807) is 0 Å². The van der Waals surface area contributed by atoms with Gasteiger partial charge in [0, 0.05) is 23.1 Å². The molecule has 0 saturated heterocycles. The molecular weight excluding hydrogens is 260 g/mol. The summed E-state index contributed by atoms with van der Waals surface area (Å²) in [6.45, 7) is 13.8. The van der Waals surface area contributed by atoms with Crippen molar-refractivity contribution in [2.45, 2.75) is 78.2 Å². The lowest BCUT2D eigenvalue weighted by atomic mass is 9.75. The lowest BCUT2D eigenvalue weighted by Crippen LogP contribution is -2.45. The summed E-state index contributed by atoms with van der Waals surface area (Å²) in [5.74, 6) is 2.87. The van der Waals surface area contributed by atoms with Crippen molar-refractivity contribution in [3.63, 3.8) is 0 Å². The first kappa shape index (κ1) is 16.1. The number of hydrogen-bond acceptors (Lipinski definition) is 4. The van der Waals surface area contributed by atoms with Crippen molar-refractivity contribution >= 4 is 11.6 Å². The topological polar surface area (TPSA) is 49.8 Å². The molecule has 1 aromatic heterocycles. The zero-order chi connectivity index (χ0) is 15.7. The monoisotopic (exact) mass is 290 g/mol. The Balaban J connectivity index is 2.40. The molecule has 0 atom stereocenters. The fraction of sp³-hybridized carbons (Fsp3) is 0.765. The summed E-state index contributed by atoms with van der Waals surface area (Å²) in [7, 11) is 0. The van der Waals surface area contributed by atoms with Gasteiger partial charge in [0.05, 0.1) is 0 Å². The smallest absolute Gasteiger partial charge is 0.138 e. The predicted octanol–water partition coefficient (Wildman–Crippen LogP) is 4.26. The molecule has 1 aliphatic rings. The van der Waals surface area contributed by atoms with Gasteiger partial charge in [0.1, 0.15) is 17.5 Å². The van der Waals surface area contributed by atoms with E-state index in [1.165, 1.54) is 19.3 Å². The van der Waals surface area contributed by atoms with Crippen molar-refractivity contribution in [3.05, 3.63) is 11.4 Å². The Morgan fingerprint density at radius 2 is 1.71 bits per heavy atom. The van der Waals surface area contributed by atoms with Crippen molar-refractivity contribution in [2.24, 2.45) is 0 Å². The Labute approximate surface area is 129 Å². The summed E-state index contributed by atoms with van der Waals surface area (Å²) in [5, 5.41) is 7.11. The van der Waals surface area contributed by atoms with Crippen LogP contribution in [0, 0.1) is 6.92 Å². The van der Waals surface area contributed by atoms with Crippen molar-refractivity contribution in [2.75, 3.05) is 17.2 Å². The van der Waals surface area contributed by atoms with Crippen molar-refractivity contribution in [1.82, 2.24) is 9.97 Å². The van der Waals surface area contributed by atoms with Gasteiger partial charge in [0.25, 0.3) is 0 Å². The molecule has 0 bridgehead atoms. The number of anilines is 2. The van der Waals surface area contributed by atoms with E-state index in [1.807, 2.05) is 0 Å². The van der Waals surface area contributed by atoms with Crippen LogP contribution in [0.25, 0.3) is 0 Å². The minimum atomic E-state index is -0.0483. The third-order valence-electron chi connectivity index (χ3n) is 4.53. The van der Waals surface area contributed by atoms with Crippen LogP contribution in [0.15, 0.2) is 0 Å². The Morgan fingerprint density at radius 3 is 2.14 bits per heavy atom. The van der Waals surface area contributed by atoms with Crippen LogP contribution in [0.2, 0.25) is 0 Å². The maximum absolute atomic E-state index is 4.84. The number of nitrogens with zero attached hydrogens (tertiary/aromatic N) is 2. The number of hydrogen-bond donors (Lipinski definition) is 2. The fourth-order valence-corrected chi connectivity index (χ4v) is 2.73. The molecule has 1 aromatic rings. The lowest BCUT2D eigenvalue weighted by Gasteiger charge is -2.43. The fourth-order valence-electron chi connectivity index (χ4n) is 2.73. The second-order valence-corrected chi connectivity index (χ2v) is 7.26. The Morgan fingerprint density at radius 1 is 1.10 bits per heavy atom. The molecule has 0 aromatic carbocycles. The lowest BCUT2D eigenvalue weighted by molar-refractivity contribution is 0.268. The van der Waals surface area contributed by atoms with Gasteiger partial charge in [0.15, 0.2) is 0 Å². The average Bonchev–Trinajstić information content (AvgIpc) is 2.36. The first-order chi connectivity index (χ1) is 9.81. The van der Waals surface area contributed by atoms with E-state index in [0.29, 0.717) is 0 Å². The van der Waals surface area contributed by atoms with E-state index in [9.17, 15) is 0 Å². The summed E-state index contributed by atoms with van der Waals surface area (Å²) in [5.41, 5.74) is 1.33. The highest BCUT2D eigenvalue weighted by Crippen LogP contribution is 2.39. The van der Waals surface area contributed by atoms with Crippen LogP contribution < -0.4 is 10.6 Å². The highest BCUT2D eigenvalue weighted by Gasteiger charge is 2.36. The van der Waals surface area contributed by atoms with Gasteiger partial charge in [-0.1, -0.05) is 27.7 Å². The number of nitrogens with one attached hydrogen (secondary N) is 2. The molecule has 1 fully saturated rings. The molecule has 118 valence electrons. The van der Waals surface area contributed by atoms with Crippen LogP contribution in [0.3, 0.4) is 0 Å². The van der Waals surface area contributed by atoms with Gasteiger partial charge in [-0.3, -0.25) is 0 Å². The van der Waals surface area contributed by atoms with E-state index >= 15 is 0 Å². The van der Waals surface area contributed by atoms with Gasteiger partial charge in [0.2, 0.25) is 0 Å². The minimum absolute atomic E-state index is 0.0483. The van der Waals surface area contributed by atoms with Crippen molar-refractivity contribution < 1.29 is 0 Å². The molecule has 1 aliphatic carbocycles. The molecule has 21 heavy (non-hydrogen) atoms. The van der Waals surface area contributed by atoms with Crippen LogP contribution in [-0.4, -0.2) is 22.1 Å². The largest absolute Gasteiger partial charge is 0.370 e. The molecule has 2 N–H and O–H groups in total. The Kier molecular flexibility index (Phi) is 4.45. The Hall–Kier alpha value is -1.32. The van der Waals surface area contributed by atoms with Crippen molar-refractivity contribution in [3.8, 4) is 0 Å². The van der Waals surface area contributed by atoms with Gasteiger partial charge in [-0.15, -0.1) is 0 Å². The van der Waals surface area contributed by atoms with Gasteiger partial charge in [-0.05, 0) is 39.5 Å². The average molecular weight is 290 g/mol. The van der Waals surface area contributed by atoms with Crippen LogP contribution in [0.5, 0.6) is 0 Å². The second-order valence-electron chi connectivity index (χ2n) is 7.26. The predicted molar refractivity (Wildman–Crippen MR) is 90.1 cm³/mol. The molecule has 0 unspecified atom stereocenters. The molecule has 4 nitrogen and oxygen atoms in total. The van der Waals surface area contributed by atoms with Crippen LogP contribution in [0.1, 0.15) is 71.7 Å². The minimum Gasteiger partial charge on any atom is -0.370 e. The molecule has 2 rings (SSSR count). The summed E-state index contributed by atoms with van der Waals surface area (Å²) < 4.78 is 0. The van der Waals surface area contributed by atoms with Crippen LogP contribution >= 0.6 is 0 Å². The zero-order valence-electron chi connectivity index (χ0n) is 14.4. The van der Waals surface area contributed by atoms with E-state index in [0.717, 1.165) is 36.0 Å². The van der Waals surface area contributed by atoms with Gasteiger partial charge in [-0.25, -0.2) is 9.97 Å². The van der Waals surface area contributed by atoms with Crippen LogP contribution in [0.4, 0.5) is 11.6 Å². The highest BCUT2D eigenvalue weighted by molar-refractivity contribution is 5.59. The highest BCUT2D eigenvalue weighted by atomic mass is 15.1. The van der Waals surface area contributed by atoms with Gasteiger partial charge >= 0.3 is 0 Å². The SMILES string of the molecule is CCNc1nc(C(C)(C)C)nc(NC2(CC)CCC2)c1C. The third kappa shape index (κ3) is 3.30. The molecule has 0 aliphatic heterocycles. The van der Waals surface area contributed by atoms with Gasteiger partial charge in [-0.2, -0.15) is 0 Å². The Bertz CT molecular complexity index is 493. The van der Waals surface area contributed by atoms with E-state index in [2.05, 4.69) is 52.2 Å². The molecule has 1 saturated carbocycles. The second kappa shape index (κ2) is 5.82. The van der Waals surface area contributed by atoms with Gasteiger partial charge < -0.3 is 10.6 Å². The van der Waals surface area contributed by atoms with E-state index in [-0.39, 0.29) is 11.0 Å². The summed E-state index contributed by atoms with van der Waals surface area (Å²) in [6.07, 6.45) is 4.96. The maximum atomic E-state index is 4.84. The first-order valence-electron chi connectivity index (χ1n) is 8.22. The maximum Gasteiger partial charge on any atom is 0.138 e. The van der Waals surface area contributed by atoms with E-state index in [4.69, 9.17) is 9.97 Å². The first-order valence-corrected chi connectivity index (χ1v) is 8.22. The normalized spacial score (nSPS) is 17.2.